The standard InChI is InChI=1S/C20H26N2O5/c1-27-15(25)18-9-3-2-7-16(18)13(23)21-11-6-12-22-14(24)17(18)8-4-5-10-19(16,17)20(21,22)26/h26H,2-12H2,1H3/t16-,17+,18+,19-,20-/m0/s1. The van der Waals surface area contributed by atoms with Crippen LogP contribution in [0.25, 0.3) is 0 Å². The first-order valence-corrected chi connectivity index (χ1v) is 10.4. The topological polar surface area (TPSA) is 87.2 Å². The van der Waals surface area contributed by atoms with Gasteiger partial charge in [0.25, 0.3) is 0 Å². The molecule has 0 aromatic carbocycles. The van der Waals surface area contributed by atoms with Crippen molar-refractivity contribution in [3.05, 3.63) is 0 Å². The van der Waals surface area contributed by atoms with E-state index in [1.165, 1.54) is 7.11 Å². The second-order valence-corrected chi connectivity index (χ2v) is 9.43. The lowest BCUT2D eigenvalue weighted by Gasteiger charge is -2.76. The van der Waals surface area contributed by atoms with Crippen LogP contribution in [0, 0.1) is 21.7 Å². The second-order valence-electron chi connectivity index (χ2n) is 9.43. The summed E-state index contributed by atoms with van der Waals surface area (Å²) < 4.78 is 5.30. The van der Waals surface area contributed by atoms with E-state index in [4.69, 9.17) is 4.74 Å². The van der Waals surface area contributed by atoms with Gasteiger partial charge >= 0.3 is 5.97 Å². The molecule has 27 heavy (non-hydrogen) atoms. The molecule has 7 nitrogen and oxygen atoms in total. The fourth-order valence-electron chi connectivity index (χ4n) is 9.22. The van der Waals surface area contributed by atoms with Gasteiger partial charge in [0.05, 0.1) is 28.8 Å². The van der Waals surface area contributed by atoms with Crippen LogP contribution in [0.1, 0.15) is 57.8 Å². The zero-order chi connectivity index (χ0) is 18.9. The summed E-state index contributed by atoms with van der Waals surface area (Å²) in [5, 5.41) is 12.1. The molecule has 7 heteroatoms. The Bertz CT molecular complexity index is 768. The highest BCUT2D eigenvalue weighted by molar-refractivity contribution is 6.09. The van der Waals surface area contributed by atoms with E-state index < -0.39 is 33.5 Å². The van der Waals surface area contributed by atoms with E-state index in [1.54, 1.807) is 9.80 Å². The number of esters is 1. The number of carbonyl (C=O) groups is 3. The molecule has 3 saturated heterocycles. The number of hydrogen-bond acceptors (Lipinski definition) is 5. The van der Waals surface area contributed by atoms with Gasteiger partial charge < -0.3 is 9.84 Å². The van der Waals surface area contributed by atoms with Crippen molar-refractivity contribution < 1.29 is 24.2 Å². The molecule has 3 aliphatic carbocycles. The minimum Gasteiger partial charge on any atom is -0.469 e. The predicted octanol–water partition coefficient (Wildman–Crippen LogP) is 1.00. The van der Waals surface area contributed by atoms with Crippen molar-refractivity contribution >= 4 is 17.8 Å². The van der Waals surface area contributed by atoms with Gasteiger partial charge in [0, 0.05) is 13.1 Å². The van der Waals surface area contributed by atoms with Gasteiger partial charge in [0.1, 0.15) is 0 Å². The van der Waals surface area contributed by atoms with E-state index in [2.05, 4.69) is 0 Å². The summed E-state index contributed by atoms with van der Waals surface area (Å²) >= 11 is 0. The molecular formula is C20H26N2O5. The van der Waals surface area contributed by atoms with Crippen molar-refractivity contribution in [2.24, 2.45) is 21.7 Å². The van der Waals surface area contributed by atoms with Gasteiger partial charge in [-0.25, -0.2) is 0 Å². The smallest absolute Gasteiger partial charge is 0.314 e. The molecule has 1 N–H and O–H groups in total. The molecular weight excluding hydrogens is 348 g/mol. The summed E-state index contributed by atoms with van der Waals surface area (Å²) in [5.41, 5.74) is -3.96. The van der Waals surface area contributed by atoms with Crippen molar-refractivity contribution in [3.8, 4) is 0 Å². The third-order valence-corrected chi connectivity index (χ3v) is 9.46. The summed E-state index contributed by atoms with van der Waals surface area (Å²) in [4.78, 5) is 44.4. The van der Waals surface area contributed by atoms with Crippen LogP contribution in [0.3, 0.4) is 0 Å². The number of rotatable bonds is 1. The Hall–Kier alpha value is -1.63. The first-order chi connectivity index (χ1) is 12.9. The Balaban J connectivity index is 1.76. The van der Waals surface area contributed by atoms with Gasteiger partial charge in [-0.05, 0) is 32.1 Å². The van der Waals surface area contributed by atoms with Crippen molar-refractivity contribution in [3.63, 3.8) is 0 Å². The van der Waals surface area contributed by atoms with Crippen LogP contribution in [0.4, 0.5) is 0 Å². The molecule has 3 aliphatic heterocycles. The fraction of sp³-hybridized carbons (Fsp3) is 0.850. The van der Waals surface area contributed by atoms with Crippen LogP contribution in [-0.2, 0) is 19.1 Å². The lowest BCUT2D eigenvalue weighted by atomic mass is 9.20. The van der Waals surface area contributed by atoms with Crippen molar-refractivity contribution in [2.45, 2.75) is 63.6 Å². The average Bonchev–Trinajstić information content (AvgIpc) is 2.93. The summed E-state index contributed by atoms with van der Waals surface area (Å²) in [7, 11) is 1.37. The van der Waals surface area contributed by atoms with E-state index in [0.717, 1.165) is 25.7 Å². The maximum atomic E-state index is 13.9. The quantitative estimate of drug-likeness (QED) is 0.692. The van der Waals surface area contributed by atoms with Gasteiger partial charge in [-0.3, -0.25) is 24.2 Å². The van der Waals surface area contributed by atoms with Gasteiger partial charge in [-0.1, -0.05) is 25.7 Å². The Morgan fingerprint density at radius 3 is 1.96 bits per heavy atom. The van der Waals surface area contributed by atoms with Crippen LogP contribution in [0.15, 0.2) is 0 Å². The Labute approximate surface area is 158 Å². The summed E-state index contributed by atoms with van der Waals surface area (Å²) in [6, 6.07) is 0. The van der Waals surface area contributed by atoms with Crippen LogP contribution in [0.2, 0.25) is 0 Å². The average molecular weight is 374 g/mol. The van der Waals surface area contributed by atoms with E-state index in [9.17, 15) is 19.5 Å². The van der Waals surface area contributed by atoms with Gasteiger partial charge in [0.15, 0.2) is 0 Å². The lowest BCUT2D eigenvalue weighted by Crippen LogP contribution is -2.85. The first kappa shape index (κ1) is 16.3. The number of carbonyl (C=O) groups excluding carboxylic acids is 3. The van der Waals surface area contributed by atoms with Gasteiger partial charge in [-0.2, -0.15) is 0 Å². The molecule has 0 bridgehead atoms. The molecule has 0 radical (unpaired) electrons. The highest BCUT2D eigenvalue weighted by Gasteiger charge is 3.05. The van der Waals surface area contributed by atoms with Gasteiger partial charge in [0.2, 0.25) is 17.7 Å². The second kappa shape index (κ2) is 4.34. The van der Waals surface area contributed by atoms with Crippen LogP contribution in [-0.4, -0.2) is 58.7 Å². The number of methoxy groups -OCH3 is 1. The molecule has 0 aromatic heterocycles. The molecule has 6 rings (SSSR count). The molecule has 2 amide bonds. The van der Waals surface area contributed by atoms with E-state index in [0.29, 0.717) is 45.2 Å². The highest BCUT2D eigenvalue weighted by atomic mass is 16.5. The minimum absolute atomic E-state index is 0.107. The summed E-state index contributed by atoms with van der Waals surface area (Å²) in [6.45, 7) is 0.909. The Kier molecular flexibility index (Phi) is 2.63. The molecule has 0 aromatic rings. The molecule has 146 valence electrons. The van der Waals surface area contributed by atoms with Crippen LogP contribution >= 0.6 is 0 Å². The Morgan fingerprint density at radius 2 is 1.41 bits per heavy atom. The zero-order valence-corrected chi connectivity index (χ0v) is 15.8. The predicted molar refractivity (Wildman–Crippen MR) is 91.7 cm³/mol. The zero-order valence-electron chi connectivity index (χ0n) is 15.8. The molecule has 3 saturated carbocycles. The first-order valence-electron chi connectivity index (χ1n) is 10.4. The van der Waals surface area contributed by atoms with Crippen LogP contribution in [0.5, 0.6) is 0 Å². The van der Waals surface area contributed by atoms with E-state index in [1.807, 2.05) is 0 Å². The number of nitrogens with zero attached hydrogens (tertiary/aromatic N) is 2. The maximum absolute atomic E-state index is 13.9. The summed E-state index contributed by atoms with van der Waals surface area (Å²) in [6.07, 6.45) is 6.35. The van der Waals surface area contributed by atoms with Crippen molar-refractivity contribution in [1.82, 2.24) is 9.80 Å². The SMILES string of the molecule is COC(=O)[C@]12CCCC[C@]13C(=O)N1CCCN4C(=O)[C@]25CCCC[C@]35[C@]14O. The molecule has 6 fully saturated rings. The van der Waals surface area contributed by atoms with E-state index >= 15 is 0 Å². The highest BCUT2D eigenvalue weighted by Crippen LogP contribution is 2.94. The maximum Gasteiger partial charge on any atom is 0.314 e. The lowest BCUT2D eigenvalue weighted by molar-refractivity contribution is -0.362. The number of aliphatic hydroxyl groups is 1. The summed E-state index contributed by atoms with van der Waals surface area (Å²) in [5.74, 6) is -2.18. The Morgan fingerprint density at radius 1 is 0.889 bits per heavy atom. The van der Waals surface area contributed by atoms with Crippen molar-refractivity contribution in [1.29, 1.82) is 0 Å². The van der Waals surface area contributed by atoms with Crippen molar-refractivity contribution in [2.75, 3.05) is 20.2 Å². The minimum atomic E-state index is -1.56. The monoisotopic (exact) mass is 374 g/mol. The number of ether oxygens (including phenoxy) is 1. The molecule has 3 heterocycles. The van der Waals surface area contributed by atoms with E-state index in [-0.39, 0.29) is 11.8 Å². The van der Waals surface area contributed by atoms with Gasteiger partial charge in [-0.15, -0.1) is 0 Å². The third-order valence-electron chi connectivity index (χ3n) is 9.46. The molecule has 6 aliphatic rings. The fourth-order valence-corrected chi connectivity index (χ4v) is 9.22. The molecule has 0 unspecified atom stereocenters. The number of amides is 2. The molecule has 2 spiro atoms. The molecule has 5 atom stereocenters. The largest absolute Gasteiger partial charge is 0.469 e. The number of hydrogen-bond donors (Lipinski definition) is 1. The normalized spacial score (nSPS) is 52.1. The van der Waals surface area contributed by atoms with Crippen LogP contribution < -0.4 is 0 Å². The third kappa shape index (κ3) is 1.06.